The number of anilines is 1. The molecule has 20 heavy (non-hydrogen) atoms. The molecule has 2 rings (SSSR count). The van der Waals surface area contributed by atoms with Gasteiger partial charge in [0, 0.05) is 24.7 Å². The summed E-state index contributed by atoms with van der Waals surface area (Å²) in [6.07, 6.45) is 1.18. The number of rotatable bonds is 5. The number of benzene rings is 1. The zero-order chi connectivity index (χ0) is 14.2. The molecular formula is C14H17N3O3. The number of amides is 1. The molecule has 0 fully saturated rings. The van der Waals surface area contributed by atoms with Gasteiger partial charge in [0.1, 0.15) is 0 Å². The molecular weight excluding hydrogens is 258 g/mol. The molecule has 1 aromatic rings. The number of carbonyl (C=O) groups excluding carboxylic acids is 1. The number of hydrogen-bond acceptors (Lipinski definition) is 5. The van der Waals surface area contributed by atoms with Crippen LogP contribution in [0, 0.1) is 11.3 Å². The van der Waals surface area contributed by atoms with Crippen molar-refractivity contribution in [2.75, 3.05) is 31.6 Å². The normalized spacial score (nSPS) is 12.9. The molecule has 106 valence electrons. The van der Waals surface area contributed by atoms with E-state index in [-0.39, 0.29) is 12.5 Å². The predicted molar refractivity (Wildman–Crippen MR) is 73.8 cm³/mol. The minimum absolute atomic E-state index is 0.146. The second kappa shape index (κ2) is 7.24. The van der Waals surface area contributed by atoms with E-state index in [4.69, 9.17) is 14.7 Å². The SMILES string of the molecule is N#CCCNC(=O)CNc1ccc2c(c1)OCCCO2. The topological polar surface area (TPSA) is 83.4 Å². The van der Waals surface area contributed by atoms with Crippen molar-refractivity contribution in [3.63, 3.8) is 0 Å². The van der Waals surface area contributed by atoms with E-state index in [1.54, 1.807) is 0 Å². The van der Waals surface area contributed by atoms with Crippen LogP contribution in [0.5, 0.6) is 11.5 Å². The molecule has 0 saturated carbocycles. The monoisotopic (exact) mass is 275 g/mol. The van der Waals surface area contributed by atoms with Crippen LogP contribution in [0.3, 0.4) is 0 Å². The molecule has 0 atom stereocenters. The first-order valence-electron chi connectivity index (χ1n) is 6.57. The molecule has 0 spiro atoms. The Morgan fingerprint density at radius 3 is 2.90 bits per heavy atom. The Morgan fingerprint density at radius 2 is 2.10 bits per heavy atom. The predicted octanol–water partition coefficient (Wildman–Crippen LogP) is 1.29. The Balaban J connectivity index is 1.86. The van der Waals surface area contributed by atoms with Gasteiger partial charge in [-0.05, 0) is 12.1 Å². The van der Waals surface area contributed by atoms with Gasteiger partial charge in [0.2, 0.25) is 5.91 Å². The molecule has 1 aliphatic rings. The lowest BCUT2D eigenvalue weighted by Gasteiger charge is -2.11. The largest absolute Gasteiger partial charge is 0.490 e. The van der Waals surface area contributed by atoms with Crippen LogP contribution in [0.4, 0.5) is 5.69 Å². The van der Waals surface area contributed by atoms with Crippen LogP contribution in [-0.2, 0) is 4.79 Å². The number of ether oxygens (including phenoxy) is 2. The lowest BCUT2D eigenvalue weighted by atomic mass is 10.2. The highest BCUT2D eigenvalue weighted by Crippen LogP contribution is 2.32. The summed E-state index contributed by atoms with van der Waals surface area (Å²) in [5.41, 5.74) is 0.796. The lowest BCUT2D eigenvalue weighted by Crippen LogP contribution is -2.30. The molecule has 0 unspecified atom stereocenters. The second-order valence-electron chi connectivity index (χ2n) is 4.32. The number of nitriles is 1. The van der Waals surface area contributed by atoms with E-state index >= 15 is 0 Å². The molecule has 0 aliphatic carbocycles. The van der Waals surface area contributed by atoms with Crippen molar-refractivity contribution in [3.05, 3.63) is 18.2 Å². The molecule has 0 bridgehead atoms. The van der Waals surface area contributed by atoms with Gasteiger partial charge in [0.05, 0.1) is 32.2 Å². The highest BCUT2D eigenvalue weighted by Gasteiger charge is 2.10. The van der Waals surface area contributed by atoms with Crippen molar-refractivity contribution in [2.45, 2.75) is 12.8 Å². The number of fused-ring (bicyclic) bond motifs is 1. The van der Waals surface area contributed by atoms with Crippen molar-refractivity contribution in [3.8, 4) is 17.6 Å². The van der Waals surface area contributed by atoms with Gasteiger partial charge < -0.3 is 20.1 Å². The summed E-state index contributed by atoms with van der Waals surface area (Å²) in [5.74, 6) is 1.27. The van der Waals surface area contributed by atoms with Gasteiger partial charge in [0.15, 0.2) is 11.5 Å². The summed E-state index contributed by atoms with van der Waals surface area (Å²) in [5, 5.41) is 14.0. The number of nitrogens with zero attached hydrogens (tertiary/aromatic N) is 1. The molecule has 6 nitrogen and oxygen atoms in total. The van der Waals surface area contributed by atoms with Crippen LogP contribution in [0.25, 0.3) is 0 Å². The molecule has 1 aromatic carbocycles. The average Bonchev–Trinajstić information content (AvgIpc) is 2.70. The highest BCUT2D eigenvalue weighted by atomic mass is 16.5. The lowest BCUT2D eigenvalue weighted by molar-refractivity contribution is -0.119. The summed E-state index contributed by atoms with van der Waals surface area (Å²) in [7, 11) is 0. The highest BCUT2D eigenvalue weighted by molar-refractivity contribution is 5.80. The van der Waals surface area contributed by atoms with Gasteiger partial charge in [-0.3, -0.25) is 4.79 Å². The van der Waals surface area contributed by atoms with Crippen molar-refractivity contribution in [1.29, 1.82) is 5.26 Å². The zero-order valence-electron chi connectivity index (χ0n) is 11.1. The van der Waals surface area contributed by atoms with E-state index in [9.17, 15) is 4.79 Å². The minimum Gasteiger partial charge on any atom is -0.490 e. The summed E-state index contributed by atoms with van der Waals surface area (Å²) >= 11 is 0. The third-order valence-electron chi connectivity index (χ3n) is 2.76. The van der Waals surface area contributed by atoms with E-state index in [0.717, 1.165) is 17.9 Å². The Hall–Kier alpha value is -2.42. The molecule has 6 heteroatoms. The maximum Gasteiger partial charge on any atom is 0.239 e. The molecule has 1 amide bonds. The Labute approximate surface area is 117 Å². The van der Waals surface area contributed by atoms with E-state index in [0.29, 0.717) is 31.9 Å². The molecule has 0 saturated heterocycles. The van der Waals surface area contributed by atoms with Crippen molar-refractivity contribution < 1.29 is 14.3 Å². The number of carbonyl (C=O) groups is 1. The van der Waals surface area contributed by atoms with E-state index in [1.807, 2.05) is 24.3 Å². The Kier molecular flexibility index (Phi) is 5.07. The van der Waals surface area contributed by atoms with Gasteiger partial charge in [-0.2, -0.15) is 5.26 Å². The third-order valence-corrected chi connectivity index (χ3v) is 2.76. The van der Waals surface area contributed by atoms with Gasteiger partial charge >= 0.3 is 0 Å². The van der Waals surface area contributed by atoms with Crippen molar-refractivity contribution in [2.24, 2.45) is 0 Å². The summed E-state index contributed by atoms with van der Waals surface area (Å²) in [6, 6.07) is 7.47. The van der Waals surface area contributed by atoms with Crippen LogP contribution in [0.2, 0.25) is 0 Å². The van der Waals surface area contributed by atoms with Crippen LogP contribution in [0.1, 0.15) is 12.8 Å². The van der Waals surface area contributed by atoms with Crippen LogP contribution >= 0.6 is 0 Å². The standard InChI is InChI=1S/C14H17N3O3/c15-5-1-6-16-14(18)10-17-11-3-4-12-13(9-11)20-8-2-7-19-12/h3-4,9,17H,1-2,6-8,10H2,(H,16,18). The van der Waals surface area contributed by atoms with Gasteiger partial charge in [0.25, 0.3) is 0 Å². The fourth-order valence-electron chi connectivity index (χ4n) is 1.78. The summed E-state index contributed by atoms with van der Waals surface area (Å²) < 4.78 is 11.1. The van der Waals surface area contributed by atoms with Gasteiger partial charge in [-0.1, -0.05) is 0 Å². The van der Waals surface area contributed by atoms with E-state index < -0.39 is 0 Å². The van der Waals surface area contributed by atoms with Crippen LogP contribution in [-0.4, -0.2) is 32.2 Å². The fraction of sp³-hybridized carbons (Fsp3) is 0.429. The Morgan fingerprint density at radius 1 is 1.30 bits per heavy atom. The third kappa shape index (κ3) is 4.05. The minimum atomic E-state index is -0.146. The zero-order valence-corrected chi connectivity index (χ0v) is 11.1. The van der Waals surface area contributed by atoms with Crippen LogP contribution in [0.15, 0.2) is 18.2 Å². The number of nitrogens with one attached hydrogen (secondary N) is 2. The molecule has 0 aromatic heterocycles. The first-order valence-corrected chi connectivity index (χ1v) is 6.57. The smallest absolute Gasteiger partial charge is 0.239 e. The second-order valence-corrected chi connectivity index (χ2v) is 4.32. The van der Waals surface area contributed by atoms with Crippen LogP contribution < -0.4 is 20.1 Å². The van der Waals surface area contributed by atoms with Gasteiger partial charge in [-0.25, -0.2) is 0 Å². The fourth-order valence-corrected chi connectivity index (χ4v) is 1.78. The van der Waals surface area contributed by atoms with Gasteiger partial charge in [-0.15, -0.1) is 0 Å². The quantitative estimate of drug-likeness (QED) is 0.791. The van der Waals surface area contributed by atoms with E-state index in [2.05, 4.69) is 10.6 Å². The first kappa shape index (κ1) is 14.0. The van der Waals surface area contributed by atoms with Crippen molar-refractivity contribution in [1.82, 2.24) is 5.32 Å². The number of hydrogen-bond donors (Lipinski definition) is 2. The average molecular weight is 275 g/mol. The van der Waals surface area contributed by atoms with E-state index in [1.165, 1.54) is 0 Å². The van der Waals surface area contributed by atoms with Crippen molar-refractivity contribution >= 4 is 11.6 Å². The first-order chi connectivity index (χ1) is 9.79. The maximum absolute atomic E-state index is 11.5. The molecule has 1 heterocycles. The summed E-state index contributed by atoms with van der Waals surface area (Å²) in [4.78, 5) is 11.5. The summed E-state index contributed by atoms with van der Waals surface area (Å²) in [6.45, 7) is 1.81. The molecule has 1 aliphatic heterocycles. The molecule has 2 N–H and O–H groups in total. The molecule has 0 radical (unpaired) electrons. The maximum atomic E-state index is 11.5. The Bertz CT molecular complexity index is 511.